The van der Waals surface area contributed by atoms with E-state index in [9.17, 15) is 29.3 Å². The van der Waals surface area contributed by atoms with Crippen molar-refractivity contribution < 1.29 is 28.8 Å². The van der Waals surface area contributed by atoms with Gasteiger partial charge in [0, 0.05) is 23.5 Å². The number of hydrogen-bond acceptors (Lipinski definition) is 7. The average molecular weight is 588 g/mol. The summed E-state index contributed by atoms with van der Waals surface area (Å²) in [6.45, 7) is -0.704. The highest BCUT2D eigenvalue weighted by atomic mass is 16.6. The summed E-state index contributed by atoms with van der Waals surface area (Å²) < 4.78 is 5.23. The number of ether oxygens (including phenoxy) is 1. The van der Waals surface area contributed by atoms with Crippen LogP contribution >= 0.6 is 0 Å². The Balaban J connectivity index is 1.35. The number of para-hydroxylation sites is 1. The monoisotopic (exact) mass is 587 g/mol. The van der Waals surface area contributed by atoms with Crippen LogP contribution in [0.5, 0.6) is 5.75 Å². The van der Waals surface area contributed by atoms with Crippen LogP contribution in [0.3, 0.4) is 0 Å². The van der Waals surface area contributed by atoms with E-state index >= 15 is 0 Å². The highest BCUT2D eigenvalue weighted by molar-refractivity contribution is 6.11. The van der Waals surface area contributed by atoms with E-state index in [-0.39, 0.29) is 11.1 Å². The van der Waals surface area contributed by atoms with Crippen molar-refractivity contribution in [2.75, 3.05) is 13.7 Å². The molecule has 0 radical (unpaired) electrons. The molecule has 4 aliphatic rings. The van der Waals surface area contributed by atoms with E-state index in [1.807, 2.05) is 48.5 Å². The molecule has 0 aromatic heterocycles. The minimum absolute atomic E-state index is 0.182. The number of imide groups is 1. The first kappa shape index (κ1) is 27.2. The molecule has 0 saturated carbocycles. The maximum atomic E-state index is 14.4. The van der Waals surface area contributed by atoms with Crippen LogP contribution in [0, 0.1) is 22.0 Å². The van der Waals surface area contributed by atoms with Crippen molar-refractivity contribution in [2.24, 2.45) is 11.8 Å². The number of carbonyl (C=O) groups excluding carboxylic acids is 4. The summed E-state index contributed by atoms with van der Waals surface area (Å²) in [6, 6.07) is 27.0. The number of Topliss-reactive ketones (excluding diaryl/α,β-unsaturated/α-hetero) is 1. The topological polar surface area (TPSA) is 127 Å². The van der Waals surface area contributed by atoms with E-state index in [0.717, 1.165) is 38.3 Å². The van der Waals surface area contributed by atoms with Gasteiger partial charge in [-0.15, -0.1) is 0 Å². The Hall–Kier alpha value is -5.64. The van der Waals surface area contributed by atoms with Crippen LogP contribution in [-0.4, -0.2) is 52.1 Å². The summed E-state index contributed by atoms with van der Waals surface area (Å²) in [5.41, 5.74) is 3.12. The third kappa shape index (κ3) is 3.94. The molecule has 10 heteroatoms. The van der Waals surface area contributed by atoms with Crippen LogP contribution in [0.15, 0.2) is 97.1 Å². The van der Waals surface area contributed by atoms with E-state index < -0.39 is 64.3 Å². The molecule has 218 valence electrons. The molecule has 44 heavy (non-hydrogen) atoms. The lowest BCUT2D eigenvalue weighted by molar-refractivity contribution is -0.385. The zero-order valence-electron chi connectivity index (χ0n) is 23.5. The van der Waals surface area contributed by atoms with Crippen LogP contribution in [0.4, 0.5) is 5.69 Å². The molecule has 0 spiro atoms. The quantitative estimate of drug-likeness (QED) is 0.132. The molecule has 1 fully saturated rings. The molecule has 4 aromatic rings. The second-order valence-corrected chi connectivity index (χ2v) is 11.0. The Morgan fingerprint density at radius 2 is 1.32 bits per heavy atom. The predicted octanol–water partition coefficient (Wildman–Crippen LogP) is 4.74. The molecule has 4 aromatic carbocycles. The van der Waals surface area contributed by atoms with Crippen LogP contribution in [-0.2, 0) is 9.59 Å². The standard InChI is InChI=1S/C34H25N3O7/c1-44-20-10-8-9-19(17-20)27(38)18-35(32(39)25-15-6-7-16-26(25)37(42)43)36-33(40)30-28-21-11-2-3-12-22(21)29(31(30)34(36)41)24-14-5-4-13-23(24)28/h2-17,28-31H,18H2,1H3/t28?,29?,30-,31-/m0/s1. The van der Waals surface area contributed by atoms with Crippen LogP contribution in [0.2, 0.25) is 0 Å². The Kier molecular flexibility index (Phi) is 6.35. The van der Waals surface area contributed by atoms with E-state index in [4.69, 9.17) is 4.74 Å². The fraction of sp³-hybridized carbons (Fsp3) is 0.176. The van der Waals surface area contributed by atoms with Crippen LogP contribution in [0.1, 0.15) is 54.8 Å². The number of carbonyl (C=O) groups is 4. The lowest BCUT2D eigenvalue weighted by atomic mass is 9.55. The molecule has 3 amide bonds. The SMILES string of the molecule is COc1cccc(C(=O)CN(C(=O)c2ccccc2[N+](=O)[O-])N2C(=O)[C@H]3C4c5ccccc5C(c5ccccc54)[C@@H]3C2=O)c1. The summed E-state index contributed by atoms with van der Waals surface area (Å²) in [5.74, 6) is -4.92. The van der Waals surface area contributed by atoms with Gasteiger partial charge in [-0.05, 0) is 40.5 Å². The van der Waals surface area contributed by atoms with Crippen molar-refractivity contribution in [1.29, 1.82) is 0 Å². The van der Waals surface area contributed by atoms with Crippen molar-refractivity contribution in [3.8, 4) is 5.75 Å². The molecule has 0 unspecified atom stereocenters. The van der Waals surface area contributed by atoms with Gasteiger partial charge in [-0.3, -0.25) is 29.3 Å². The third-order valence-electron chi connectivity index (χ3n) is 8.92. The molecule has 2 atom stereocenters. The first-order chi connectivity index (χ1) is 21.3. The van der Waals surface area contributed by atoms with Gasteiger partial charge < -0.3 is 4.74 Å². The number of nitro groups is 1. The average Bonchev–Trinajstić information content (AvgIpc) is 3.32. The molecule has 8 rings (SSSR count). The van der Waals surface area contributed by atoms with Gasteiger partial charge in [-0.25, -0.2) is 5.01 Å². The molecule has 0 N–H and O–H groups in total. The number of hydrazine groups is 1. The van der Waals surface area contributed by atoms with Crippen molar-refractivity contribution in [1.82, 2.24) is 10.0 Å². The summed E-state index contributed by atoms with van der Waals surface area (Å²) in [5, 5.41) is 13.4. The fourth-order valence-corrected chi connectivity index (χ4v) is 7.11. The Bertz CT molecular complexity index is 1790. The zero-order chi connectivity index (χ0) is 30.7. The predicted molar refractivity (Wildman–Crippen MR) is 157 cm³/mol. The van der Waals surface area contributed by atoms with Gasteiger partial charge >= 0.3 is 0 Å². The van der Waals surface area contributed by atoms with Gasteiger partial charge in [0.2, 0.25) is 0 Å². The third-order valence-corrected chi connectivity index (χ3v) is 8.92. The number of nitrogens with zero attached hydrogens (tertiary/aromatic N) is 3. The van der Waals surface area contributed by atoms with Gasteiger partial charge in [0.05, 0.1) is 23.9 Å². The second kappa shape index (κ2) is 10.3. The number of rotatable bonds is 7. The van der Waals surface area contributed by atoms with E-state index in [1.54, 1.807) is 12.1 Å². The molecule has 10 nitrogen and oxygen atoms in total. The first-order valence-corrected chi connectivity index (χ1v) is 14.1. The van der Waals surface area contributed by atoms with Crippen LogP contribution < -0.4 is 4.74 Å². The number of methoxy groups -OCH3 is 1. The lowest BCUT2D eigenvalue weighted by Crippen LogP contribution is -2.52. The number of hydrogen-bond donors (Lipinski definition) is 0. The van der Waals surface area contributed by atoms with Gasteiger partial charge in [-0.2, -0.15) is 5.01 Å². The summed E-state index contributed by atoms with van der Waals surface area (Å²) in [7, 11) is 1.45. The second-order valence-electron chi connectivity index (χ2n) is 11.0. The summed E-state index contributed by atoms with van der Waals surface area (Å²) in [6.07, 6.45) is 0. The summed E-state index contributed by atoms with van der Waals surface area (Å²) >= 11 is 0. The zero-order valence-corrected chi connectivity index (χ0v) is 23.5. The first-order valence-electron chi connectivity index (χ1n) is 14.1. The van der Waals surface area contributed by atoms with Crippen molar-refractivity contribution in [2.45, 2.75) is 11.8 Å². The van der Waals surface area contributed by atoms with E-state index in [1.165, 1.54) is 37.4 Å². The Labute approximate surface area is 251 Å². The van der Waals surface area contributed by atoms with E-state index in [2.05, 4.69) is 0 Å². The Morgan fingerprint density at radius 3 is 1.84 bits per heavy atom. The largest absolute Gasteiger partial charge is 0.497 e. The van der Waals surface area contributed by atoms with Crippen molar-refractivity contribution in [3.05, 3.63) is 141 Å². The van der Waals surface area contributed by atoms with E-state index in [0.29, 0.717) is 5.75 Å². The minimum Gasteiger partial charge on any atom is -0.497 e. The fourth-order valence-electron chi connectivity index (χ4n) is 7.11. The van der Waals surface area contributed by atoms with Crippen molar-refractivity contribution in [3.63, 3.8) is 0 Å². The number of amides is 3. The van der Waals surface area contributed by atoms with Crippen LogP contribution in [0.25, 0.3) is 0 Å². The highest BCUT2D eigenvalue weighted by Crippen LogP contribution is 2.61. The molecule has 3 aliphatic carbocycles. The highest BCUT2D eigenvalue weighted by Gasteiger charge is 2.63. The van der Waals surface area contributed by atoms with Gasteiger partial charge in [0.15, 0.2) is 5.78 Å². The summed E-state index contributed by atoms with van der Waals surface area (Å²) in [4.78, 5) is 67.8. The van der Waals surface area contributed by atoms with Crippen molar-refractivity contribution >= 4 is 29.2 Å². The number of ketones is 1. The molecule has 1 aliphatic heterocycles. The number of benzene rings is 4. The molecule has 1 saturated heterocycles. The molecular weight excluding hydrogens is 562 g/mol. The molecule has 1 heterocycles. The van der Waals surface area contributed by atoms with Gasteiger partial charge in [0.1, 0.15) is 17.9 Å². The van der Waals surface area contributed by atoms with Gasteiger partial charge in [0.25, 0.3) is 23.4 Å². The van der Waals surface area contributed by atoms with Gasteiger partial charge in [-0.1, -0.05) is 72.8 Å². The molecular formula is C34H25N3O7. The Morgan fingerprint density at radius 1 is 0.795 bits per heavy atom. The minimum atomic E-state index is -1.00. The lowest BCUT2D eigenvalue weighted by Gasteiger charge is -2.45. The maximum Gasteiger partial charge on any atom is 0.282 e. The number of nitro benzene ring substituents is 1. The normalized spacial score (nSPS) is 20.9. The molecule has 2 bridgehead atoms. The maximum absolute atomic E-state index is 14.4. The smallest absolute Gasteiger partial charge is 0.282 e.